The minimum Gasteiger partial charge on any atom is -0.489 e. The summed E-state index contributed by atoms with van der Waals surface area (Å²) in [6, 6.07) is 22.1. The van der Waals surface area contributed by atoms with Gasteiger partial charge in [-0.15, -0.1) is 0 Å². The number of hydrogen-bond donors (Lipinski definition) is 0. The molecule has 174 valence electrons. The molecule has 34 heavy (non-hydrogen) atoms. The number of carbonyl (C=O) groups excluding carboxylic acids is 1. The molecule has 1 fully saturated rings. The molecule has 1 saturated heterocycles. The minimum atomic E-state index is -3.69. The molecular formula is C25H22ClN3O4S. The first-order valence-corrected chi connectivity index (χ1v) is 12.5. The van der Waals surface area contributed by atoms with E-state index in [1.807, 2.05) is 24.3 Å². The average molecular weight is 496 g/mol. The number of carbonyl (C=O) groups is 1. The highest BCUT2D eigenvalue weighted by Crippen LogP contribution is 2.21. The Morgan fingerprint density at radius 3 is 2.35 bits per heavy atom. The molecule has 0 aliphatic carbocycles. The van der Waals surface area contributed by atoms with Crippen LogP contribution in [0.1, 0.15) is 21.5 Å². The van der Waals surface area contributed by atoms with Gasteiger partial charge < -0.3 is 9.64 Å². The van der Waals surface area contributed by atoms with Crippen molar-refractivity contribution in [3.63, 3.8) is 0 Å². The first kappa shape index (κ1) is 23.8. The molecular weight excluding hydrogens is 474 g/mol. The average Bonchev–Trinajstić information content (AvgIpc) is 2.87. The lowest BCUT2D eigenvalue weighted by Crippen LogP contribution is -2.50. The van der Waals surface area contributed by atoms with Crippen molar-refractivity contribution in [2.45, 2.75) is 11.5 Å². The number of ether oxygens (including phenoxy) is 1. The standard InChI is InChI=1S/C25H22ClN3O4S/c26-22-5-1-3-20(15-22)18-33-23-6-2-4-21(16-23)25(30)28-11-13-29(14-12-28)34(31,32)24-9-7-19(17-27)8-10-24/h1-10,15-16H,11-14,18H2. The number of hydrogen-bond acceptors (Lipinski definition) is 5. The van der Waals surface area contributed by atoms with Gasteiger partial charge in [0.15, 0.2) is 0 Å². The van der Waals surface area contributed by atoms with E-state index in [9.17, 15) is 13.2 Å². The van der Waals surface area contributed by atoms with Crippen LogP contribution in [0.5, 0.6) is 5.75 Å². The Labute approximate surface area is 203 Å². The number of nitrogens with zero attached hydrogens (tertiary/aromatic N) is 3. The zero-order chi connectivity index (χ0) is 24.1. The van der Waals surface area contributed by atoms with Crippen molar-refractivity contribution in [2.24, 2.45) is 0 Å². The van der Waals surface area contributed by atoms with Crippen molar-refractivity contribution in [3.05, 3.63) is 94.5 Å². The van der Waals surface area contributed by atoms with Crippen molar-refractivity contribution in [3.8, 4) is 11.8 Å². The van der Waals surface area contributed by atoms with Gasteiger partial charge in [-0.05, 0) is 60.2 Å². The van der Waals surface area contributed by atoms with Gasteiger partial charge in [-0.1, -0.05) is 29.8 Å². The third kappa shape index (κ3) is 5.39. The Kier molecular flexibility index (Phi) is 7.17. The first-order valence-electron chi connectivity index (χ1n) is 10.6. The molecule has 1 aliphatic heterocycles. The normalized spacial score (nSPS) is 14.4. The Hall–Kier alpha value is -3.38. The van der Waals surface area contributed by atoms with E-state index in [4.69, 9.17) is 21.6 Å². The Balaban J connectivity index is 1.37. The molecule has 9 heteroatoms. The molecule has 1 amide bonds. The summed E-state index contributed by atoms with van der Waals surface area (Å²) in [6.45, 7) is 1.27. The van der Waals surface area contributed by atoms with E-state index in [-0.39, 0.29) is 37.0 Å². The molecule has 3 aromatic rings. The molecule has 0 atom stereocenters. The molecule has 0 N–H and O–H groups in total. The fourth-order valence-electron chi connectivity index (χ4n) is 3.68. The monoisotopic (exact) mass is 495 g/mol. The van der Waals surface area contributed by atoms with Gasteiger partial charge in [0.05, 0.1) is 16.5 Å². The van der Waals surface area contributed by atoms with E-state index < -0.39 is 10.0 Å². The fourth-order valence-corrected chi connectivity index (χ4v) is 5.31. The van der Waals surface area contributed by atoms with Crippen molar-refractivity contribution >= 4 is 27.5 Å². The topological polar surface area (TPSA) is 90.7 Å². The van der Waals surface area contributed by atoms with Gasteiger partial charge >= 0.3 is 0 Å². The maximum Gasteiger partial charge on any atom is 0.254 e. The maximum absolute atomic E-state index is 13.0. The highest BCUT2D eigenvalue weighted by Gasteiger charge is 2.30. The fraction of sp³-hybridized carbons (Fsp3) is 0.200. The second-order valence-corrected chi connectivity index (χ2v) is 10.2. The summed E-state index contributed by atoms with van der Waals surface area (Å²) in [7, 11) is -3.69. The van der Waals surface area contributed by atoms with Crippen molar-refractivity contribution in [1.29, 1.82) is 5.26 Å². The molecule has 0 bridgehead atoms. The van der Waals surface area contributed by atoms with Crippen LogP contribution in [0.25, 0.3) is 0 Å². The summed E-state index contributed by atoms with van der Waals surface area (Å²) < 4.78 is 33.0. The molecule has 0 unspecified atom stereocenters. The molecule has 1 heterocycles. The van der Waals surface area contributed by atoms with Crippen LogP contribution in [0.2, 0.25) is 5.02 Å². The second-order valence-electron chi connectivity index (χ2n) is 7.78. The minimum absolute atomic E-state index is 0.135. The van der Waals surface area contributed by atoms with E-state index in [0.29, 0.717) is 28.5 Å². The van der Waals surface area contributed by atoms with Gasteiger partial charge in [0.2, 0.25) is 10.0 Å². The van der Waals surface area contributed by atoms with Crippen molar-refractivity contribution in [2.75, 3.05) is 26.2 Å². The van der Waals surface area contributed by atoms with Crippen LogP contribution in [0.15, 0.2) is 77.7 Å². The highest BCUT2D eigenvalue weighted by atomic mass is 35.5. The summed E-state index contributed by atoms with van der Waals surface area (Å²) in [5.41, 5.74) is 1.80. The second kappa shape index (κ2) is 10.3. The zero-order valence-electron chi connectivity index (χ0n) is 18.2. The summed E-state index contributed by atoms with van der Waals surface area (Å²) in [5.74, 6) is 0.386. The zero-order valence-corrected chi connectivity index (χ0v) is 19.8. The summed E-state index contributed by atoms with van der Waals surface area (Å²) in [4.78, 5) is 14.8. The van der Waals surface area contributed by atoms with Crippen LogP contribution in [0.3, 0.4) is 0 Å². The van der Waals surface area contributed by atoms with Crippen LogP contribution < -0.4 is 4.74 Å². The first-order chi connectivity index (χ1) is 16.4. The van der Waals surface area contributed by atoms with Crippen LogP contribution in [-0.4, -0.2) is 49.7 Å². The van der Waals surface area contributed by atoms with Crippen LogP contribution in [-0.2, 0) is 16.6 Å². The number of rotatable bonds is 6. The molecule has 7 nitrogen and oxygen atoms in total. The molecule has 3 aromatic carbocycles. The number of sulfonamides is 1. The van der Waals surface area contributed by atoms with Gasteiger partial charge in [-0.3, -0.25) is 4.79 Å². The van der Waals surface area contributed by atoms with Crippen LogP contribution in [0.4, 0.5) is 0 Å². The van der Waals surface area contributed by atoms with Crippen LogP contribution in [0, 0.1) is 11.3 Å². The van der Waals surface area contributed by atoms with E-state index in [1.165, 1.54) is 28.6 Å². The molecule has 0 aromatic heterocycles. The van der Waals surface area contributed by atoms with Gasteiger partial charge in [0, 0.05) is 36.8 Å². The molecule has 1 aliphatic rings. The lowest BCUT2D eigenvalue weighted by atomic mass is 10.1. The van der Waals surface area contributed by atoms with E-state index >= 15 is 0 Å². The van der Waals surface area contributed by atoms with Gasteiger partial charge in [0.25, 0.3) is 5.91 Å². The number of benzene rings is 3. The predicted octanol–water partition coefficient (Wildman–Crippen LogP) is 3.94. The number of amides is 1. The number of piperazine rings is 1. The number of nitriles is 1. The van der Waals surface area contributed by atoms with E-state index in [0.717, 1.165) is 5.56 Å². The third-order valence-electron chi connectivity index (χ3n) is 5.52. The molecule has 4 rings (SSSR count). The SMILES string of the molecule is N#Cc1ccc(S(=O)(=O)N2CCN(C(=O)c3cccc(OCc4cccc(Cl)c4)c3)CC2)cc1. The number of halogens is 1. The third-order valence-corrected chi connectivity index (χ3v) is 7.67. The predicted molar refractivity (Wildman–Crippen MR) is 128 cm³/mol. The highest BCUT2D eigenvalue weighted by molar-refractivity contribution is 7.89. The largest absolute Gasteiger partial charge is 0.489 e. The lowest BCUT2D eigenvalue weighted by molar-refractivity contribution is 0.0697. The molecule has 0 spiro atoms. The van der Waals surface area contributed by atoms with Crippen molar-refractivity contribution < 1.29 is 17.9 Å². The van der Waals surface area contributed by atoms with Gasteiger partial charge in [-0.2, -0.15) is 9.57 Å². The van der Waals surface area contributed by atoms with E-state index in [2.05, 4.69) is 0 Å². The van der Waals surface area contributed by atoms with Gasteiger partial charge in [0.1, 0.15) is 12.4 Å². The Bertz CT molecular complexity index is 1330. The maximum atomic E-state index is 13.0. The quantitative estimate of drug-likeness (QED) is 0.516. The lowest BCUT2D eigenvalue weighted by Gasteiger charge is -2.34. The van der Waals surface area contributed by atoms with E-state index in [1.54, 1.807) is 35.2 Å². The molecule has 0 saturated carbocycles. The van der Waals surface area contributed by atoms with Crippen molar-refractivity contribution in [1.82, 2.24) is 9.21 Å². The Morgan fingerprint density at radius 2 is 1.68 bits per heavy atom. The smallest absolute Gasteiger partial charge is 0.254 e. The van der Waals surface area contributed by atoms with Crippen LogP contribution >= 0.6 is 11.6 Å². The summed E-state index contributed by atoms with van der Waals surface area (Å²) >= 11 is 6.01. The Morgan fingerprint density at radius 1 is 0.971 bits per heavy atom. The molecule has 0 radical (unpaired) electrons. The summed E-state index contributed by atoms with van der Waals surface area (Å²) in [6.07, 6.45) is 0. The summed E-state index contributed by atoms with van der Waals surface area (Å²) in [5, 5.41) is 9.53. The van der Waals surface area contributed by atoms with Gasteiger partial charge in [-0.25, -0.2) is 8.42 Å².